The van der Waals surface area contributed by atoms with Crippen LogP contribution in [0.4, 0.5) is 0 Å². The highest BCUT2D eigenvalue weighted by molar-refractivity contribution is 6.30. The topological polar surface area (TPSA) is 21.3 Å². The average molecular weight is 226 g/mol. The molecule has 82 valence electrons. The van der Waals surface area contributed by atoms with Crippen molar-refractivity contribution in [3.63, 3.8) is 0 Å². The van der Waals surface area contributed by atoms with Crippen molar-refractivity contribution in [1.82, 2.24) is 5.32 Å². The summed E-state index contributed by atoms with van der Waals surface area (Å²) in [6, 6.07) is 8.04. The summed E-state index contributed by atoms with van der Waals surface area (Å²) in [5.74, 6) is 0.851. The Morgan fingerprint density at radius 3 is 3.07 bits per heavy atom. The van der Waals surface area contributed by atoms with Crippen molar-refractivity contribution in [3.8, 4) is 5.75 Å². The second-order valence-corrected chi connectivity index (χ2v) is 4.42. The molecule has 0 aromatic heterocycles. The van der Waals surface area contributed by atoms with Gasteiger partial charge in [-0.1, -0.05) is 17.7 Å². The summed E-state index contributed by atoms with van der Waals surface area (Å²) >= 11 is 5.89. The van der Waals surface area contributed by atoms with Crippen LogP contribution in [-0.4, -0.2) is 18.7 Å². The van der Waals surface area contributed by atoms with Gasteiger partial charge >= 0.3 is 0 Å². The lowest BCUT2D eigenvalue weighted by atomic mass is 10.1. The molecule has 3 heteroatoms. The Kier molecular flexibility index (Phi) is 3.49. The Bertz CT molecular complexity index is 323. The van der Waals surface area contributed by atoms with Gasteiger partial charge in [-0.25, -0.2) is 0 Å². The van der Waals surface area contributed by atoms with Gasteiger partial charge in [0.25, 0.3) is 0 Å². The van der Waals surface area contributed by atoms with Crippen molar-refractivity contribution in [3.05, 3.63) is 29.3 Å². The molecule has 2 nitrogen and oxygen atoms in total. The molecular weight excluding hydrogens is 210 g/mol. The number of hydrogen-bond donors (Lipinski definition) is 1. The molecule has 0 spiro atoms. The van der Waals surface area contributed by atoms with Gasteiger partial charge in [0.2, 0.25) is 0 Å². The van der Waals surface area contributed by atoms with E-state index < -0.39 is 0 Å². The molecule has 1 aliphatic rings. The van der Waals surface area contributed by atoms with Gasteiger partial charge in [-0.2, -0.15) is 0 Å². The SMILES string of the molecule is CC(Oc1cccc(Cl)c1)C1CCCN1. The first-order valence-corrected chi connectivity index (χ1v) is 5.79. The van der Waals surface area contributed by atoms with Gasteiger partial charge in [0.15, 0.2) is 0 Å². The summed E-state index contributed by atoms with van der Waals surface area (Å²) in [7, 11) is 0. The van der Waals surface area contributed by atoms with Crippen LogP contribution in [0, 0.1) is 0 Å². The molecule has 0 aliphatic carbocycles. The number of hydrogen-bond acceptors (Lipinski definition) is 2. The summed E-state index contributed by atoms with van der Waals surface area (Å²) in [6.45, 7) is 3.21. The molecule has 1 aromatic carbocycles. The largest absolute Gasteiger partial charge is 0.489 e. The van der Waals surface area contributed by atoms with Gasteiger partial charge in [0.05, 0.1) is 0 Å². The highest BCUT2D eigenvalue weighted by Crippen LogP contribution is 2.20. The Balaban J connectivity index is 1.95. The monoisotopic (exact) mass is 225 g/mol. The molecule has 1 N–H and O–H groups in total. The van der Waals surface area contributed by atoms with Crippen LogP contribution in [0.2, 0.25) is 5.02 Å². The van der Waals surface area contributed by atoms with Crippen molar-refractivity contribution >= 4 is 11.6 Å². The summed E-state index contributed by atoms with van der Waals surface area (Å²) in [4.78, 5) is 0. The second kappa shape index (κ2) is 4.86. The van der Waals surface area contributed by atoms with Gasteiger partial charge in [-0.05, 0) is 44.5 Å². The van der Waals surface area contributed by atoms with Crippen molar-refractivity contribution < 1.29 is 4.74 Å². The van der Waals surface area contributed by atoms with E-state index in [1.807, 2.05) is 24.3 Å². The number of halogens is 1. The Labute approximate surface area is 95.6 Å². The van der Waals surface area contributed by atoms with Crippen molar-refractivity contribution in [2.24, 2.45) is 0 Å². The molecule has 0 amide bonds. The van der Waals surface area contributed by atoms with Crippen LogP contribution < -0.4 is 10.1 Å². The normalized spacial score (nSPS) is 22.7. The first kappa shape index (κ1) is 10.8. The summed E-state index contributed by atoms with van der Waals surface area (Å²) in [5.41, 5.74) is 0. The number of benzene rings is 1. The van der Waals surface area contributed by atoms with Crippen LogP contribution in [0.15, 0.2) is 24.3 Å². The minimum absolute atomic E-state index is 0.200. The van der Waals surface area contributed by atoms with Crippen LogP contribution in [0.25, 0.3) is 0 Å². The molecule has 15 heavy (non-hydrogen) atoms. The predicted octanol–water partition coefficient (Wildman–Crippen LogP) is 2.86. The molecule has 0 radical (unpaired) electrons. The van der Waals surface area contributed by atoms with E-state index >= 15 is 0 Å². The summed E-state index contributed by atoms with van der Waals surface area (Å²) in [6.07, 6.45) is 2.64. The predicted molar refractivity (Wildman–Crippen MR) is 62.6 cm³/mol. The highest BCUT2D eigenvalue weighted by Gasteiger charge is 2.22. The maximum atomic E-state index is 5.89. The van der Waals surface area contributed by atoms with Crippen molar-refractivity contribution in [2.75, 3.05) is 6.54 Å². The van der Waals surface area contributed by atoms with Crippen LogP contribution >= 0.6 is 11.6 Å². The van der Waals surface area contributed by atoms with Gasteiger partial charge < -0.3 is 10.1 Å². The lowest BCUT2D eigenvalue weighted by Crippen LogP contribution is -2.36. The average Bonchev–Trinajstić information content (AvgIpc) is 2.70. The first-order chi connectivity index (χ1) is 7.25. The lowest BCUT2D eigenvalue weighted by Gasteiger charge is -2.21. The summed E-state index contributed by atoms with van der Waals surface area (Å²) < 4.78 is 5.83. The van der Waals surface area contributed by atoms with E-state index in [0.29, 0.717) is 6.04 Å². The Hall–Kier alpha value is -0.730. The molecule has 2 unspecified atom stereocenters. The lowest BCUT2D eigenvalue weighted by molar-refractivity contribution is 0.180. The van der Waals surface area contributed by atoms with Gasteiger partial charge in [-0.3, -0.25) is 0 Å². The maximum absolute atomic E-state index is 5.89. The van der Waals surface area contributed by atoms with Gasteiger partial charge in [0, 0.05) is 11.1 Å². The molecule has 1 heterocycles. The smallest absolute Gasteiger partial charge is 0.121 e. The molecule has 1 aliphatic heterocycles. The van der Waals surface area contributed by atoms with Crippen LogP contribution in [0.5, 0.6) is 5.75 Å². The first-order valence-electron chi connectivity index (χ1n) is 5.41. The Morgan fingerprint density at radius 1 is 1.53 bits per heavy atom. The third-order valence-electron chi connectivity index (χ3n) is 2.78. The molecule has 0 bridgehead atoms. The highest BCUT2D eigenvalue weighted by atomic mass is 35.5. The van der Waals surface area contributed by atoms with Crippen molar-refractivity contribution in [1.29, 1.82) is 0 Å². The molecule has 2 rings (SSSR count). The zero-order valence-electron chi connectivity index (χ0n) is 8.87. The third-order valence-corrected chi connectivity index (χ3v) is 3.02. The quantitative estimate of drug-likeness (QED) is 0.854. The molecule has 1 saturated heterocycles. The van der Waals surface area contributed by atoms with E-state index in [1.165, 1.54) is 12.8 Å². The molecule has 1 fully saturated rings. The standard InChI is InChI=1S/C12H16ClNO/c1-9(12-6-3-7-14-12)15-11-5-2-4-10(13)8-11/h2,4-5,8-9,12,14H,3,6-7H2,1H3. The molecular formula is C12H16ClNO. The fourth-order valence-corrected chi connectivity index (χ4v) is 2.13. The summed E-state index contributed by atoms with van der Waals surface area (Å²) in [5, 5.41) is 4.15. The fraction of sp³-hybridized carbons (Fsp3) is 0.500. The second-order valence-electron chi connectivity index (χ2n) is 3.98. The van der Waals surface area contributed by atoms with E-state index in [4.69, 9.17) is 16.3 Å². The van der Waals surface area contributed by atoms with Crippen LogP contribution in [0.3, 0.4) is 0 Å². The van der Waals surface area contributed by atoms with E-state index in [9.17, 15) is 0 Å². The number of nitrogens with one attached hydrogen (secondary N) is 1. The zero-order chi connectivity index (χ0) is 10.7. The minimum atomic E-state index is 0.200. The maximum Gasteiger partial charge on any atom is 0.121 e. The van der Waals surface area contributed by atoms with E-state index in [2.05, 4.69) is 12.2 Å². The minimum Gasteiger partial charge on any atom is -0.489 e. The van der Waals surface area contributed by atoms with Crippen LogP contribution in [-0.2, 0) is 0 Å². The van der Waals surface area contributed by atoms with Gasteiger partial charge in [-0.15, -0.1) is 0 Å². The Morgan fingerprint density at radius 2 is 2.40 bits per heavy atom. The van der Waals surface area contributed by atoms with Crippen LogP contribution in [0.1, 0.15) is 19.8 Å². The fourth-order valence-electron chi connectivity index (χ4n) is 1.95. The van der Waals surface area contributed by atoms with E-state index in [-0.39, 0.29) is 6.10 Å². The van der Waals surface area contributed by atoms with E-state index in [1.54, 1.807) is 0 Å². The van der Waals surface area contributed by atoms with Gasteiger partial charge in [0.1, 0.15) is 11.9 Å². The molecule has 1 aromatic rings. The van der Waals surface area contributed by atoms with Crippen molar-refractivity contribution in [2.45, 2.75) is 31.9 Å². The number of rotatable bonds is 3. The zero-order valence-corrected chi connectivity index (χ0v) is 9.63. The van der Waals surface area contributed by atoms with E-state index in [0.717, 1.165) is 17.3 Å². The molecule has 2 atom stereocenters. The molecule has 0 saturated carbocycles. The third kappa shape index (κ3) is 2.86. The number of ether oxygens (including phenoxy) is 1.